The van der Waals surface area contributed by atoms with Gasteiger partial charge in [0.2, 0.25) is 0 Å². The Kier molecular flexibility index (Phi) is 3.89. The number of ether oxygens (including phenoxy) is 1. The molecule has 2 aliphatic rings. The van der Waals surface area contributed by atoms with Gasteiger partial charge in [0, 0.05) is 12.0 Å². The highest BCUT2D eigenvalue weighted by Crippen LogP contribution is 2.29. The van der Waals surface area contributed by atoms with E-state index in [9.17, 15) is 0 Å². The first kappa shape index (κ1) is 13.8. The van der Waals surface area contributed by atoms with Crippen LogP contribution in [0.2, 0.25) is 0 Å². The second kappa shape index (κ2) is 5.66. The lowest BCUT2D eigenvalue weighted by atomic mass is 9.89. The molecule has 0 aromatic carbocycles. The fourth-order valence-corrected chi connectivity index (χ4v) is 2.93. The van der Waals surface area contributed by atoms with Crippen LogP contribution in [0.25, 0.3) is 0 Å². The van der Waals surface area contributed by atoms with Gasteiger partial charge in [-0.25, -0.2) is 4.98 Å². The lowest BCUT2D eigenvalue weighted by Crippen LogP contribution is -2.45. The molecule has 0 radical (unpaired) electrons. The molecule has 3 rings (SSSR count). The van der Waals surface area contributed by atoms with Crippen molar-refractivity contribution >= 4 is 5.82 Å². The zero-order chi connectivity index (χ0) is 14.0. The van der Waals surface area contributed by atoms with Crippen molar-refractivity contribution in [2.75, 3.05) is 38.7 Å². The van der Waals surface area contributed by atoms with Crippen LogP contribution in [0, 0.1) is 5.41 Å². The highest BCUT2D eigenvalue weighted by molar-refractivity contribution is 5.33. The van der Waals surface area contributed by atoms with Crippen molar-refractivity contribution in [1.29, 1.82) is 0 Å². The molecule has 110 valence electrons. The third-order valence-corrected chi connectivity index (χ3v) is 4.36. The average molecular weight is 276 g/mol. The maximum atomic E-state index is 5.28. The van der Waals surface area contributed by atoms with Crippen molar-refractivity contribution in [1.82, 2.24) is 14.9 Å². The van der Waals surface area contributed by atoms with E-state index >= 15 is 0 Å². The van der Waals surface area contributed by atoms with Crippen LogP contribution < -0.4 is 5.32 Å². The summed E-state index contributed by atoms with van der Waals surface area (Å²) >= 11 is 0. The van der Waals surface area contributed by atoms with Gasteiger partial charge in [-0.15, -0.1) is 0 Å². The lowest BCUT2D eigenvalue weighted by molar-refractivity contribution is -0.0924. The number of rotatable bonds is 4. The zero-order valence-corrected chi connectivity index (χ0v) is 12.4. The number of likely N-dealkylation sites (tertiary alicyclic amines) is 1. The number of piperidine rings is 1. The molecule has 0 saturated carbocycles. The number of anilines is 1. The summed E-state index contributed by atoms with van der Waals surface area (Å²) in [5, 5.41) is 3.41. The van der Waals surface area contributed by atoms with Gasteiger partial charge in [0.25, 0.3) is 0 Å². The monoisotopic (exact) mass is 276 g/mol. The molecule has 5 heteroatoms. The molecule has 5 nitrogen and oxygen atoms in total. The normalized spacial score (nSPS) is 26.0. The van der Waals surface area contributed by atoms with Gasteiger partial charge in [-0.05, 0) is 26.4 Å². The Labute approximate surface area is 120 Å². The molecule has 1 N–H and O–H groups in total. The molecular weight excluding hydrogens is 252 g/mol. The minimum atomic E-state index is 0.249. The SMILES string of the molecule is CN1CCCC[C@@H]1c1cncc(NCC2(C)COC2)n1. The number of nitrogens with zero attached hydrogens (tertiary/aromatic N) is 3. The van der Waals surface area contributed by atoms with Gasteiger partial charge in [-0.3, -0.25) is 9.88 Å². The molecule has 1 aromatic rings. The van der Waals surface area contributed by atoms with Gasteiger partial charge in [0.1, 0.15) is 5.82 Å². The van der Waals surface area contributed by atoms with Gasteiger partial charge in [-0.2, -0.15) is 0 Å². The Morgan fingerprint density at radius 3 is 2.95 bits per heavy atom. The van der Waals surface area contributed by atoms with Crippen molar-refractivity contribution < 1.29 is 4.74 Å². The fraction of sp³-hybridized carbons (Fsp3) is 0.733. The largest absolute Gasteiger partial charge is 0.380 e. The topological polar surface area (TPSA) is 50.3 Å². The van der Waals surface area contributed by atoms with Crippen LogP contribution >= 0.6 is 0 Å². The van der Waals surface area contributed by atoms with Crippen LogP contribution in [0.15, 0.2) is 12.4 Å². The van der Waals surface area contributed by atoms with E-state index in [1.165, 1.54) is 19.3 Å². The van der Waals surface area contributed by atoms with E-state index in [0.717, 1.165) is 37.8 Å². The number of hydrogen-bond donors (Lipinski definition) is 1. The maximum Gasteiger partial charge on any atom is 0.144 e. The Morgan fingerprint density at radius 1 is 1.40 bits per heavy atom. The van der Waals surface area contributed by atoms with E-state index in [2.05, 4.69) is 29.2 Å². The second-order valence-corrected chi connectivity index (χ2v) is 6.48. The van der Waals surface area contributed by atoms with Gasteiger partial charge in [0.05, 0.1) is 37.3 Å². The summed E-state index contributed by atoms with van der Waals surface area (Å²) in [7, 11) is 2.18. The van der Waals surface area contributed by atoms with Crippen molar-refractivity contribution in [3.63, 3.8) is 0 Å². The Morgan fingerprint density at radius 2 is 2.25 bits per heavy atom. The number of nitrogens with one attached hydrogen (secondary N) is 1. The van der Waals surface area contributed by atoms with Crippen LogP contribution in [0.4, 0.5) is 5.82 Å². The van der Waals surface area contributed by atoms with Crippen LogP contribution in [0.3, 0.4) is 0 Å². The van der Waals surface area contributed by atoms with Crippen molar-refractivity contribution in [2.45, 2.75) is 32.2 Å². The second-order valence-electron chi connectivity index (χ2n) is 6.48. The summed E-state index contributed by atoms with van der Waals surface area (Å²) in [6, 6.07) is 0.417. The summed E-state index contributed by atoms with van der Waals surface area (Å²) < 4.78 is 5.28. The molecule has 0 bridgehead atoms. The first-order valence-corrected chi connectivity index (χ1v) is 7.50. The van der Waals surface area contributed by atoms with E-state index < -0.39 is 0 Å². The molecule has 3 heterocycles. The molecule has 0 unspecified atom stereocenters. The molecule has 1 aromatic heterocycles. The minimum absolute atomic E-state index is 0.249. The molecule has 2 aliphatic heterocycles. The lowest BCUT2D eigenvalue weighted by Gasteiger charge is -2.38. The zero-order valence-electron chi connectivity index (χ0n) is 12.4. The smallest absolute Gasteiger partial charge is 0.144 e. The van der Waals surface area contributed by atoms with Gasteiger partial charge >= 0.3 is 0 Å². The maximum absolute atomic E-state index is 5.28. The third-order valence-electron chi connectivity index (χ3n) is 4.36. The third kappa shape index (κ3) is 2.94. The minimum Gasteiger partial charge on any atom is -0.380 e. The quantitative estimate of drug-likeness (QED) is 0.912. The number of hydrogen-bond acceptors (Lipinski definition) is 5. The summed E-state index contributed by atoms with van der Waals surface area (Å²) in [5.41, 5.74) is 1.34. The first-order valence-electron chi connectivity index (χ1n) is 7.50. The van der Waals surface area contributed by atoms with Gasteiger partial charge < -0.3 is 10.1 Å². The standard InChI is InChI=1S/C15H24N4O/c1-15(10-20-11-15)9-17-14-8-16-7-12(18-14)13-5-3-4-6-19(13)2/h7-8,13H,3-6,9-11H2,1-2H3,(H,17,18)/t13-/m1/s1. The summed E-state index contributed by atoms with van der Waals surface area (Å²) in [6.07, 6.45) is 7.47. The molecule has 0 spiro atoms. The summed E-state index contributed by atoms with van der Waals surface area (Å²) in [5.74, 6) is 0.884. The Balaban J connectivity index is 1.65. The molecule has 2 fully saturated rings. The highest BCUT2D eigenvalue weighted by atomic mass is 16.5. The molecule has 1 atom stereocenters. The van der Waals surface area contributed by atoms with E-state index in [1.54, 1.807) is 0 Å². The van der Waals surface area contributed by atoms with E-state index in [-0.39, 0.29) is 5.41 Å². The summed E-state index contributed by atoms with van der Waals surface area (Å²) in [4.78, 5) is 11.5. The van der Waals surface area contributed by atoms with Crippen LogP contribution in [0.5, 0.6) is 0 Å². The van der Waals surface area contributed by atoms with Crippen LogP contribution in [0.1, 0.15) is 37.9 Å². The van der Waals surface area contributed by atoms with E-state index in [0.29, 0.717) is 6.04 Å². The predicted octanol–water partition coefficient (Wildman–Crippen LogP) is 2.08. The fourth-order valence-electron chi connectivity index (χ4n) is 2.93. The Bertz CT molecular complexity index is 461. The van der Waals surface area contributed by atoms with E-state index in [4.69, 9.17) is 9.72 Å². The van der Waals surface area contributed by atoms with Crippen LogP contribution in [-0.4, -0.2) is 48.2 Å². The van der Waals surface area contributed by atoms with Crippen molar-refractivity contribution in [3.05, 3.63) is 18.1 Å². The average Bonchev–Trinajstić information content (AvgIpc) is 2.44. The van der Waals surface area contributed by atoms with Gasteiger partial charge in [-0.1, -0.05) is 13.3 Å². The molecule has 20 heavy (non-hydrogen) atoms. The van der Waals surface area contributed by atoms with Crippen molar-refractivity contribution in [3.8, 4) is 0 Å². The number of aromatic nitrogens is 2. The molecular formula is C15H24N4O. The first-order chi connectivity index (χ1) is 9.66. The summed E-state index contributed by atoms with van der Waals surface area (Å²) in [6.45, 7) is 5.94. The van der Waals surface area contributed by atoms with E-state index in [1.807, 2.05) is 12.4 Å². The molecule has 2 saturated heterocycles. The van der Waals surface area contributed by atoms with Crippen LogP contribution in [-0.2, 0) is 4.74 Å². The van der Waals surface area contributed by atoms with Crippen molar-refractivity contribution in [2.24, 2.45) is 5.41 Å². The molecule has 0 aliphatic carbocycles. The highest BCUT2D eigenvalue weighted by Gasteiger charge is 2.33. The Hall–Kier alpha value is -1.20. The van der Waals surface area contributed by atoms with Gasteiger partial charge in [0.15, 0.2) is 0 Å². The molecule has 0 amide bonds. The predicted molar refractivity (Wildman–Crippen MR) is 78.7 cm³/mol.